The van der Waals surface area contributed by atoms with Gasteiger partial charge in [0, 0.05) is 24.4 Å². The number of hydrogen-bond donors (Lipinski definition) is 1. The molecule has 16 heavy (non-hydrogen) atoms. The van der Waals surface area contributed by atoms with Crippen LogP contribution in [0.4, 0.5) is 0 Å². The lowest BCUT2D eigenvalue weighted by Crippen LogP contribution is -2.15. The highest BCUT2D eigenvalue weighted by molar-refractivity contribution is 5.24. The Bertz CT molecular complexity index is 320. The molecule has 0 fully saturated rings. The third-order valence-electron chi connectivity index (χ3n) is 2.68. The number of hydrogen-bond acceptors (Lipinski definition) is 3. The van der Waals surface area contributed by atoms with Crippen LogP contribution in [-0.4, -0.2) is 22.9 Å². The minimum absolute atomic E-state index is 0.553. The van der Waals surface area contributed by atoms with Gasteiger partial charge in [0.2, 0.25) is 0 Å². The third-order valence-corrected chi connectivity index (χ3v) is 2.68. The van der Waals surface area contributed by atoms with Crippen LogP contribution in [0.15, 0.2) is 0 Å². The summed E-state index contributed by atoms with van der Waals surface area (Å²) in [6, 6.07) is 0. The second-order valence-corrected chi connectivity index (χ2v) is 3.95. The number of aromatic nitrogens is 2. The first kappa shape index (κ1) is 13.2. The van der Waals surface area contributed by atoms with Gasteiger partial charge < -0.3 is 10.1 Å². The molecule has 1 aromatic heterocycles. The molecule has 0 atom stereocenters. The molecule has 1 heterocycles. The predicted molar refractivity (Wildman–Crippen MR) is 65.3 cm³/mol. The molecule has 0 aliphatic carbocycles. The summed E-state index contributed by atoms with van der Waals surface area (Å²) in [7, 11) is 0. The minimum atomic E-state index is 0.553. The van der Waals surface area contributed by atoms with Gasteiger partial charge in [0.25, 0.3) is 0 Å². The van der Waals surface area contributed by atoms with Crippen LogP contribution >= 0.6 is 0 Å². The first-order valence-electron chi connectivity index (χ1n) is 6.02. The van der Waals surface area contributed by atoms with Crippen LogP contribution in [0.3, 0.4) is 0 Å². The monoisotopic (exact) mass is 225 g/mol. The van der Waals surface area contributed by atoms with E-state index in [0.717, 1.165) is 31.8 Å². The van der Waals surface area contributed by atoms with Crippen LogP contribution in [0.2, 0.25) is 0 Å². The highest BCUT2D eigenvalue weighted by Crippen LogP contribution is 2.12. The van der Waals surface area contributed by atoms with Crippen LogP contribution in [0.5, 0.6) is 0 Å². The molecule has 0 aliphatic rings. The number of nitrogens with zero attached hydrogens (tertiary/aromatic N) is 2. The van der Waals surface area contributed by atoms with Gasteiger partial charge in [-0.25, -0.2) is 4.68 Å². The van der Waals surface area contributed by atoms with Crippen molar-refractivity contribution in [2.45, 2.75) is 47.4 Å². The maximum absolute atomic E-state index is 5.37. The maximum Gasteiger partial charge on any atom is 0.139 e. The summed E-state index contributed by atoms with van der Waals surface area (Å²) >= 11 is 0. The molecular formula is C12H23N3O. The predicted octanol–water partition coefficient (Wildman–Crippen LogP) is 1.99. The Hall–Kier alpha value is -0.870. The lowest BCUT2D eigenvalue weighted by molar-refractivity contribution is 0.0774. The lowest BCUT2D eigenvalue weighted by atomic mass is 10.2. The fraction of sp³-hybridized carbons (Fsp3) is 0.750. The van der Waals surface area contributed by atoms with E-state index in [1.165, 1.54) is 11.3 Å². The molecule has 1 rings (SSSR count). The summed E-state index contributed by atoms with van der Waals surface area (Å²) in [5.41, 5.74) is 3.60. The van der Waals surface area contributed by atoms with E-state index in [1.807, 2.05) is 11.6 Å². The Balaban J connectivity index is 2.65. The Morgan fingerprint density at radius 3 is 2.69 bits per heavy atom. The third kappa shape index (κ3) is 3.32. The summed E-state index contributed by atoms with van der Waals surface area (Å²) in [6.45, 7) is 11.5. The van der Waals surface area contributed by atoms with E-state index in [4.69, 9.17) is 4.74 Å². The zero-order valence-corrected chi connectivity index (χ0v) is 10.8. The number of rotatable bonds is 7. The smallest absolute Gasteiger partial charge is 0.139 e. The second-order valence-electron chi connectivity index (χ2n) is 3.95. The second kappa shape index (κ2) is 6.66. The SMILES string of the molecule is CCCNCc1c(C)nn(COCC)c1C. The quantitative estimate of drug-likeness (QED) is 0.721. The molecule has 0 radical (unpaired) electrons. The average molecular weight is 225 g/mol. The van der Waals surface area contributed by atoms with E-state index in [2.05, 4.69) is 31.2 Å². The molecule has 92 valence electrons. The van der Waals surface area contributed by atoms with Gasteiger partial charge in [-0.3, -0.25) is 0 Å². The summed E-state index contributed by atoms with van der Waals surface area (Å²) in [4.78, 5) is 0. The largest absolute Gasteiger partial charge is 0.360 e. The van der Waals surface area contributed by atoms with E-state index in [-0.39, 0.29) is 0 Å². The summed E-state index contributed by atoms with van der Waals surface area (Å²) in [6.07, 6.45) is 1.16. The Morgan fingerprint density at radius 2 is 2.06 bits per heavy atom. The zero-order chi connectivity index (χ0) is 12.0. The molecule has 0 amide bonds. The van der Waals surface area contributed by atoms with Crippen molar-refractivity contribution >= 4 is 0 Å². The Kier molecular flexibility index (Phi) is 5.49. The molecule has 1 N–H and O–H groups in total. The van der Waals surface area contributed by atoms with Crippen molar-refractivity contribution < 1.29 is 4.74 Å². The van der Waals surface area contributed by atoms with Crippen molar-refractivity contribution in [1.82, 2.24) is 15.1 Å². The normalized spacial score (nSPS) is 11.0. The lowest BCUT2D eigenvalue weighted by Gasteiger charge is -2.06. The Labute approximate surface area is 98.0 Å². The van der Waals surface area contributed by atoms with Gasteiger partial charge in [0.15, 0.2) is 0 Å². The molecule has 4 nitrogen and oxygen atoms in total. The summed E-state index contributed by atoms with van der Waals surface area (Å²) in [5, 5.41) is 7.89. The first-order valence-corrected chi connectivity index (χ1v) is 6.02. The molecule has 0 spiro atoms. The molecule has 0 bridgehead atoms. The fourth-order valence-electron chi connectivity index (χ4n) is 1.68. The van der Waals surface area contributed by atoms with Gasteiger partial charge >= 0.3 is 0 Å². The van der Waals surface area contributed by atoms with E-state index >= 15 is 0 Å². The van der Waals surface area contributed by atoms with Gasteiger partial charge in [-0.05, 0) is 33.7 Å². The van der Waals surface area contributed by atoms with E-state index in [0.29, 0.717) is 6.73 Å². The number of aryl methyl sites for hydroxylation is 1. The Morgan fingerprint density at radius 1 is 1.31 bits per heavy atom. The number of ether oxygens (including phenoxy) is 1. The van der Waals surface area contributed by atoms with Gasteiger partial charge in [-0.1, -0.05) is 6.92 Å². The van der Waals surface area contributed by atoms with E-state index < -0.39 is 0 Å². The summed E-state index contributed by atoms with van der Waals surface area (Å²) in [5.74, 6) is 0. The minimum Gasteiger partial charge on any atom is -0.360 e. The molecule has 0 unspecified atom stereocenters. The molecular weight excluding hydrogens is 202 g/mol. The van der Waals surface area contributed by atoms with Crippen LogP contribution in [0.25, 0.3) is 0 Å². The highest BCUT2D eigenvalue weighted by atomic mass is 16.5. The standard InChI is InChI=1S/C12H23N3O/c1-5-7-13-8-12-10(3)14-15(11(12)4)9-16-6-2/h13H,5-9H2,1-4H3. The van der Waals surface area contributed by atoms with E-state index in [9.17, 15) is 0 Å². The van der Waals surface area contributed by atoms with Crippen molar-refractivity contribution in [1.29, 1.82) is 0 Å². The van der Waals surface area contributed by atoms with Crippen LogP contribution in [-0.2, 0) is 18.0 Å². The topological polar surface area (TPSA) is 39.1 Å². The van der Waals surface area contributed by atoms with Crippen LogP contribution in [0.1, 0.15) is 37.2 Å². The summed E-state index contributed by atoms with van der Waals surface area (Å²) < 4.78 is 7.31. The van der Waals surface area contributed by atoms with Gasteiger partial charge in [-0.15, -0.1) is 0 Å². The van der Waals surface area contributed by atoms with Gasteiger partial charge in [-0.2, -0.15) is 5.10 Å². The molecule has 0 saturated carbocycles. The molecule has 4 heteroatoms. The molecule has 0 saturated heterocycles. The molecule has 0 aromatic carbocycles. The van der Waals surface area contributed by atoms with Crippen molar-refractivity contribution in [3.63, 3.8) is 0 Å². The molecule has 1 aromatic rings. The van der Waals surface area contributed by atoms with Crippen molar-refractivity contribution in [3.05, 3.63) is 17.0 Å². The first-order chi connectivity index (χ1) is 7.70. The van der Waals surface area contributed by atoms with Gasteiger partial charge in [0.05, 0.1) is 5.69 Å². The average Bonchev–Trinajstić information content (AvgIpc) is 2.54. The van der Waals surface area contributed by atoms with E-state index in [1.54, 1.807) is 0 Å². The fourth-order valence-corrected chi connectivity index (χ4v) is 1.68. The zero-order valence-electron chi connectivity index (χ0n) is 10.8. The highest BCUT2D eigenvalue weighted by Gasteiger charge is 2.10. The van der Waals surface area contributed by atoms with Crippen molar-refractivity contribution in [2.75, 3.05) is 13.2 Å². The number of nitrogens with one attached hydrogen (secondary N) is 1. The van der Waals surface area contributed by atoms with Crippen LogP contribution < -0.4 is 5.32 Å². The maximum atomic E-state index is 5.37. The van der Waals surface area contributed by atoms with Crippen molar-refractivity contribution in [3.8, 4) is 0 Å². The van der Waals surface area contributed by atoms with Crippen LogP contribution in [0, 0.1) is 13.8 Å². The van der Waals surface area contributed by atoms with Crippen molar-refractivity contribution in [2.24, 2.45) is 0 Å². The van der Waals surface area contributed by atoms with Gasteiger partial charge in [0.1, 0.15) is 6.73 Å². The molecule has 0 aliphatic heterocycles.